The number of nitrogens with zero attached hydrogens (tertiary/aromatic N) is 2. The summed E-state index contributed by atoms with van der Waals surface area (Å²) in [7, 11) is 1.43. The van der Waals surface area contributed by atoms with Crippen LogP contribution in [0.2, 0.25) is 0 Å². The summed E-state index contributed by atoms with van der Waals surface area (Å²) in [5.41, 5.74) is -0.139. The fraction of sp³-hybridized carbons (Fsp3) is 0.286. The zero-order valence-electron chi connectivity index (χ0n) is 7.87. The molecule has 0 bridgehead atoms. The summed E-state index contributed by atoms with van der Waals surface area (Å²) in [6.07, 6.45) is 1.41. The van der Waals surface area contributed by atoms with Gasteiger partial charge in [0.15, 0.2) is 5.03 Å². The quantitative estimate of drug-likeness (QED) is 0.353. The zero-order valence-corrected chi connectivity index (χ0v) is 10.3. The average molecular weight is 283 g/mol. The van der Waals surface area contributed by atoms with Gasteiger partial charge < -0.3 is 0 Å². The third-order valence-corrected chi connectivity index (χ3v) is 3.92. The minimum absolute atomic E-state index is 0.129. The number of nitro groups is 1. The molecule has 16 heavy (non-hydrogen) atoms. The van der Waals surface area contributed by atoms with Crippen LogP contribution in [-0.2, 0) is 9.05 Å². The lowest BCUT2D eigenvalue weighted by Crippen LogP contribution is -2.01. The predicted octanol–water partition coefficient (Wildman–Crippen LogP) is 1.65. The summed E-state index contributed by atoms with van der Waals surface area (Å²) in [5.74, 6) is -0.128. The highest BCUT2D eigenvalue weighted by molar-refractivity contribution is 8.14. The first-order valence-corrected chi connectivity index (χ1v) is 7.51. The molecule has 1 heterocycles. The van der Waals surface area contributed by atoms with Crippen LogP contribution >= 0.6 is 22.4 Å². The Morgan fingerprint density at radius 3 is 2.81 bits per heavy atom. The molecule has 0 radical (unpaired) electrons. The Morgan fingerprint density at radius 2 is 2.25 bits per heavy atom. The van der Waals surface area contributed by atoms with Gasteiger partial charge in [-0.25, -0.2) is 13.4 Å². The molecule has 88 valence electrons. The number of rotatable bonds is 5. The van der Waals surface area contributed by atoms with Gasteiger partial charge in [0.05, 0.1) is 10.7 Å². The largest absolute Gasteiger partial charge is 0.301 e. The first kappa shape index (κ1) is 13.2. The monoisotopic (exact) mass is 282 g/mol. The van der Waals surface area contributed by atoms with Crippen LogP contribution in [0.1, 0.15) is 0 Å². The lowest BCUT2D eigenvalue weighted by Gasteiger charge is -1.99. The van der Waals surface area contributed by atoms with Crippen LogP contribution in [0, 0.1) is 10.1 Å². The highest BCUT2D eigenvalue weighted by Crippen LogP contribution is 2.26. The molecule has 0 saturated heterocycles. The van der Waals surface area contributed by atoms with E-state index in [1.807, 2.05) is 0 Å². The van der Waals surface area contributed by atoms with E-state index in [4.69, 9.17) is 10.7 Å². The molecular formula is C7H7ClN2O4S2. The van der Waals surface area contributed by atoms with Crippen LogP contribution < -0.4 is 0 Å². The second-order valence-corrected chi connectivity index (χ2v) is 6.66. The Bertz CT molecular complexity index is 491. The first-order chi connectivity index (χ1) is 7.40. The second kappa shape index (κ2) is 5.46. The minimum atomic E-state index is -3.57. The fourth-order valence-corrected chi connectivity index (χ4v) is 3.19. The summed E-state index contributed by atoms with van der Waals surface area (Å²) in [6, 6.07) is 2.75. The molecule has 0 aliphatic carbocycles. The van der Waals surface area contributed by atoms with Gasteiger partial charge in [0.25, 0.3) is 0 Å². The maximum absolute atomic E-state index is 10.6. The van der Waals surface area contributed by atoms with Crippen molar-refractivity contribution in [1.82, 2.24) is 4.98 Å². The number of thioether (sulfide) groups is 1. The van der Waals surface area contributed by atoms with E-state index in [2.05, 4.69) is 4.98 Å². The number of hydrogen-bond acceptors (Lipinski definition) is 6. The molecule has 0 spiro atoms. The van der Waals surface area contributed by atoms with E-state index in [0.717, 1.165) is 11.8 Å². The molecule has 0 aromatic carbocycles. The van der Waals surface area contributed by atoms with Crippen molar-refractivity contribution in [2.45, 2.75) is 5.03 Å². The highest BCUT2D eigenvalue weighted by atomic mass is 35.7. The van der Waals surface area contributed by atoms with Crippen LogP contribution in [0.3, 0.4) is 0 Å². The van der Waals surface area contributed by atoms with Gasteiger partial charge in [-0.2, -0.15) is 0 Å². The van der Waals surface area contributed by atoms with Crippen LogP contribution in [0.5, 0.6) is 0 Å². The molecule has 0 aliphatic heterocycles. The van der Waals surface area contributed by atoms with E-state index in [1.54, 1.807) is 0 Å². The zero-order chi connectivity index (χ0) is 12.2. The third-order valence-electron chi connectivity index (χ3n) is 1.51. The molecule has 0 amide bonds. The normalized spacial score (nSPS) is 11.3. The highest BCUT2D eigenvalue weighted by Gasteiger charge is 2.15. The Labute approximate surface area is 101 Å². The Kier molecular flexibility index (Phi) is 4.51. The molecule has 0 atom stereocenters. The van der Waals surface area contributed by atoms with Gasteiger partial charge in [-0.15, -0.1) is 0 Å². The molecule has 1 aromatic rings. The smallest absolute Gasteiger partial charge is 0.258 e. The van der Waals surface area contributed by atoms with Gasteiger partial charge >= 0.3 is 5.69 Å². The molecule has 0 fully saturated rings. The molecule has 1 rings (SSSR count). The van der Waals surface area contributed by atoms with Crippen molar-refractivity contribution in [2.24, 2.45) is 0 Å². The molecule has 0 saturated carbocycles. The Hall–Kier alpha value is -0.860. The first-order valence-electron chi connectivity index (χ1n) is 4.05. The van der Waals surface area contributed by atoms with Crippen molar-refractivity contribution in [3.8, 4) is 0 Å². The van der Waals surface area contributed by atoms with Crippen LogP contribution in [0.15, 0.2) is 23.4 Å². The maximum Gasteiger partial charge on any atom is 0.301 e. The number of pyridine rings is 1. The van der Waals surface area contributed by atoms with Crippen molar-refractivity contribution >= 4 is 37.2 Å². The Balaban J connectivity index is 2.71. The molecular weight excluding hydrogens is 276 g/mol. The summed E-state index contributed by atoms with van der Waals surface area (Å²) in [6.45, 7) is 0. The second-order valence-electron chi connectivity index (χ2n) is 2.68. The van der Waals surface area contributed by atoms with Crippen LogP contribution in [-0.4, -0.2) is 29.8 Å². The van der Waals surface area contributed by atoms with Gasteiger partial charge in [0.1, 0.15) is 0 Å². The fourth-order valence-electron chi connectivity index (χ4n) is 0.870. The SMILES string of the molecule is O=[N+]([O-])c1cccnc1SCCS(=O)(=O)Cl. The molecule has 1 aromatic heterocycles. The van der Waals surface area contributed by atoms with Crippen molar-refractivity contribution in [3.63, 3.8) is 0 Å². The molecule has 6 nitrogen and oxygen atoms in total. The van der Waals surface area contributed by atoms with Crippen molar-refractivity contribution in [1.29, 1.82) is 0 Å². The Morgan fingerprint density at radius 1 is 1.56 bits per heavy atom. The summed E-state index contributed by atoms with van der Waals surface area (Å²) < 4.78 is 21.3. The van der Waals surface area contributed by atoms with E-state index in [0.29, 0.717) is 0 Å². The summed E-state index contributed by atoms with van der Waals surface area (Å²) in [4.78, 5) is 13.8. The van der Waals surface area contributed by atoms with E-state index >= 15 is 0 Å². The van der Waals surface area contributed by atoms with Gasteiger partial charge in [-0.3, -0.25) is 10.1 Å². The molecule has 0 aliphatic rings. The standard InChI is InChI=1S/C7H7ClN2O4S2/c8-16(13,14)5-4-15-7-6(10(11)12)2-1-3-9-7/h1-3H,4-5H2. The molecule has 0 N–H and O–H groups in total. The maximum atomic E-state index is 10.6. The van der Waals surface area contributed by atoms with E-state index in [-0.39, 0.29) is 22.2 Å². The van der Waals surface area contributed by atoms with E-state index < -0.39 is 14.0 Å². The van der Waals surface area contributed by atoms with Gasteiger partial charge in [0.2, 0.25) is 9.05 Å². The lowest BCUT2D eigenvalue weighted by molar-refractivity contribution is -0.388. The van der Waals surface area contributed by atoms with Gasteiger partial charge in [-0.1, -0.05) is 11.8 Å². The number of aromatic nitrogens is 1. The van der Waals surface area contributed by atoms with E-state index in [1.165, 1.54) is 18.3 Å². The average Bonchev–Trinajstić information content (AvgIpc) is 2.16. The van der Waals surface area contributed by atoms with Crippen molar-refractivity contribution < 1.29 is 13.3 Å². The van der Waals surface area contributed by atoms with Crippen molar-refractivity contribution in [2.75, 3.05) is 11.5 Å². The lowest BCUT2D eigenvalue weighted by atomic mass is 10.4. The summed E-state index contributed by atoms with van der Waals surface area (Å²) in [5, 5.41) is 10.8. The van der Waals surface area contributed by atoms with Crippen LogP contribution in [0.4, 0.5) is 5.69 Å². The van der Waals surface area contributed by atoms with Gasteiger partial charge in [-0.05, 0) is 6.07 Å². The predicted molar refractivity (Wildman–Crippen MR) is 61.3 cm³/mol. The minimum Gasteiger partial charge on any atom is -0.258 e. The van der Waals surface area contributed by atoms with E-state index in [9.17, 15) is 18.5 Å². The van der Waals surface area contributed by atoms with Crippen molar-refractivity contribution in [3.05, 3.63) is 28.4 Å². The topological polar surface area (TPSA) is 90.2 Å². The molecule has 0 unspecified atom stereocenters. The summed E-state index contributed by atoms with van der Waals surface area (Å²) >= 11 is 0.986. The van der Waals surface area contributed by atoms with Crippen LogP contribution in [0.25, 0.3) is 0 Å². The number of hydrogen-bond donors (Lipinski definition) is 0. The van der Waals surface area contributed by atoms with Gasteiger partial charge in [0, 0.05) is 28.7 Å². The third kappa shape index (κ3) is 4.33. The molecule has 9 heteroatoms. The number of halogens is 1.